The van der Waals surface area contributed by atoms with Crippen molar-refractivity contribution in [3.63, 3.8) is 0 Å². The van der Waals surface area contributed by atoms with Crippen LogP contribution in [-0.2, 0) is 6.42 Å². The number of rotatable bonds is 3. The first-order valence-electron chi connectivity index (χ1n) is 6.20. The molecule has 0 aliphatic carbocycles. The Morgan fingerprint density at radius 2 is 2.00 bits per heavy atom. The first-order chi connectivity index (χ1) is 9.65. The van der Waals surface area contributed by atoms with Crippen LogP contribution in [0.25, 0.3) is 5.65 Å². The molecule has 0 spiro atoms. The van der Waals surface area contributed by atoms with Gasteiger partial charge in [0.15, 0.2) is 0 Å². The average molecular weight is 307 g/mol. The highest BCUT2D eigenvalue weighted by molar-refractivity contribution is 6.42. The van der Waals surface area contributed by atoms with Crippen LogP contribution in [0.15, 0.2) is 48.8 Å². The van der Waals surface area contributed by atoms with Crippen molar-refractivity contribution in [3.8, 4) is 0 Å². The van der Waals surface area contributed by atoms with Gasteiger partial charge in [0.05, 0.1) is 15.7 Å². The van der Waals surface area contributed by atoms with Crippen LogP contribution in [0.1, 0.15) is 17.4 Å². The number of fused-ring (bicyclic) bond motifs is 1. The van der Waals surface area contributed by atoms with E-state index < -0.39 is 6.10 Å². The Hall–Kier alpha value is -1.55. The van der Waals surface area contributed by atoms with Crippen LogP contribution >= 0.6 is 23.2 Å². The number of aromatic nitrogens is 2. The minimum Gasteiger partial charge on any atom is -0.386 e. The van der Waals surface area contributed by atoms with Crippen molar-refractivity contribution >= 4 is 28.8 Å². The van der Waals surface area contributed by atoms with Gasteiger partial charge in [0, 0.05) is 18.8 Å². The number of hydrogen-bond acceptors (Lipinski definition) is 2. The van der Waals surface area contributed by atoms with Crippen LogP contribution < -0.4 is 0 Å². The summed E-state index contributed by atoms with van der Waals surface area (Å²) >= 11 is 12.1. The van der Waals surface area contributed by atoms with E-state index in [0.29, 0.717) is 22.2 Å². The largest absolute Gasteiger partial charge is 0.386 e. The van der Waals surface area contributed by atoms with Gasteiger partial charge in [0.25, 0.3) is 0 Å². The molecule has 3 rings (SSSR count). The van der Waals surface area contributed by atoms with Gasteiger partial charge in [-0.3, -0.25) is 0 Å². The molecule has 1 atom stereocenters. The van der Waals surface area contributed by atoms with Gasteiger partial charge < -0.3 is 9.51 Å². The summed E-state index contributed by atoms with van der Waals surface area (Å²) in [5.74, 6) is 0. The Balaban J connectivity index is 1.89. The maximum absolute atomic E-state index is 10.3. The van der Waals surface area contributed by atoms with Gasteiger partial charge in [0.2, 0.25) is 0 Å². The van der Waals surface area contributed by atoms with Crippen molar-refractivity contribution in [2.24, 2.45) is 0 Å². The number of imidazole rings is 1. The third kappa shape index (κ3) is 2.52. The van der Waals surface area contributed by atoms with E-state index in [1.165, 1.54) is 0 Å². The highest BCUT2D eigenvalue weighted by Gasteiger charge is 2.15. The summed E-state index contributed by atoms with van der Waals surface area (Å²) < 4.78 is 1.87. The molecular formula is C15H12Cl2N2O. The maximum atomic E-state index is 10.3. The van der Waals surface area contributed by atoms with Gasteiger partial charge in [0.1, 0.15) is 11.8 Å². The zero-order valence-corrected chi connectivity index (χ0v) is 12.0. The summed E-state index contributed by atoms with van der Waals surface area (Å²) in [4.78, 5) is 4.40. The molecule has 3 nitrogen and oxygen atoms in total. The van der Waals surface area contributed by atoms with Crippen LogP contribution in [0, 0.1) is 0 Å². The van der Waals surface area contributed by atoms with E-state index in [0.717, 1.165) is 11.2 Å². The van der Waals surface area contributed by atoms with Crippen molar-refractivity contribution in [2.75, 3.05) is 0 Å². The number of nitrogens with zero attached hydrogens (tertiary/aromatic N) is 2. The van der Waals surface area contributed by atoms with Gasteiger partial charge >= 0.3 is 0 Å². The smallest absolute Gasteiger partial charge is 0.137 e. The van der Waals surface area contributed by atoms with E-state index in [1.54, 1.807) is 6.07 Å². The molecule has 2 aromatic heterocycles. The second kappa shape index (κ2) is 5.44. The SMILES string of the molecule is OC(Cc1cccc(Cl)c1Cl)c1cn2ccccc2n1. The first kappa shape index (κ1) is 13.4. The second-order valence-corrected chi connectivity index (χ2v) is 5.35. The van der Waals surface area contributed by atoms with E-state index >= 15 is 0 Å². The third-order valence-electron chi connectivity index (χ3n) is 3.17. The van der Waals surface area contributed by atoms with Crippen LogP contribution in [0.4, 0.5) is 0 Å². The Labute approximate surface area is 126 Å². The lowest BCUT2D eigenvalue weighted by atomic mass is 10.1. The summed E-state index contributed by atoms with van der Waals surface area (Å²) in [7, 11) is 0. The van der Waals surface area contributed by atoms with Gasteiger partial charge in [-0.1, -0.05) is 41.4 Å². The molecule has 1 aromatic carbocycles. The fraction of sp³-hybridized carbons (Fsp3) is 0.133. The molecule has 0 saturated carbocycles. The van der Waals surface area contributed by atoms with Crippen molar-refractivity contribution in [2.45, 2.75) is 12.5 Å². The summed E-state index contributed by atoms with van der Waals surface area (Å²) in [6.07, 6.45) is 3.37. The van der Waals surface area contributed by atoms with Gasteiger partial charge in [-0.05, 0) is 23.8 Å². The highest BCUT2D eigenvalue weighted by Crippen LogP contribution is 2.29. The zero-order chi connectivity index (χ0) is 14.1. The molecule has 0 saturated heterocycles. The van der Waals surface area contributed by atoms with Crippen molar-refractivity contribution in [3.05, 3.63) is 70.1 Å². The molecular weight excluding hydrogens is 295 g/mol. The quantitative estimate of drug-likeness (QED) is 0.796. The fourth-order valence-electron chi connectivity index (χ4n) is 2.13. The van der Waals surface area contributed by atoms with Crippen molar-refractivity contribution < 1.29 is 5.11 Å². The minimum absolute atomic E-state index is 0.378. The highest BCUT2D eigenvalue weighted by atomic mass is 35.5. The minimum atomic E-state index is -0.717. The monoisotopic (exact) mass is 306 g/mol. The Morgan fingerprint density at radius 3 is 2.80 bits per heavy atom. The van der Waals surface area contributed by atoms with E-state index in [2.05, 4.69) is 4.98 Å². The van der Waals surface area contributed by atoms with Crippen molar-refractivity contribution in [1.82, 2.24) is 9.38 Å². The first-order valence-corrected chi connectivity index (χ1v) is 6.95. The number of halogens is 2. The van der Waals surface area contributed by atoms with Crippen LogP contribution in [0.5, 0.6) is 0 Å². The fourth-order valence-corrected chi connectivity index (χ4v) is 2.53. The van der Waals surface area contributed by atoms with Gasteiger partial charge in [-0.15, -0.1) is 0 Å². The predicted octanol–water partition coefficient (Wildman–Crippen LogP) is 3.92. The molecule has 5 heteroatoms. The maximum Gasteiger partial charge on any atom is 0.137 e. The van der Waals surface area contributed by atoms with E-state index in [-0.39, 0.29) is 0 Å². The van der Waals surface area contributed by atoms with Crippen molar-refractivity contribution in [1.29, 1.82) is 0 Å². The lowest BCUT2D eigenvalue weighted by molar-refractivity contribution is 0.174. The lowest BCUT2D eigenvalue weighted by Crippen LogP contribution is -2.02. The summed E-state index contributed by atoms with van der Waals surface area (Å²) in [5, 5.41) is 11.3. The predicted molar refractivity (Wildman–Crippen MR) is 80.3 cm³/mol. The number of pyridine rings is 1. The molecule has 0 fully saturated rings. The topological polar surface area (TPSA) is 37.5 Å². The Morgan fingerprint density at radius 1 is 1.15 bits per heavy atom. The molecule has 1 N–H and O–H groups in total. The van der Waals surface area contributed by atoms with Gasteiger partial charge in [-0.25, -0.2) is 4.98 Å². The van der Waals surface area contributed by atoms with Gasteiger partial charge in [-0.2, -0.15) is 0 Å². The average Bonchev–Trinajstić information content (AvgIpc) is 2.88. The van der Waals surface area contributed by atoms with E-state index in [9.17, 15) is 5.11 Å². The second-order valence-electron chi connectivity index (χ2n) is 4.56. The summed E-state index contributed by atoms with van der Waals surface area (Å²) in [6, 6.07) is 11.1. The summed E-state index contributed by atoms with van der Waals surface area (Å²) in [6.45, 7) is 0. The molecule has 0 amide bonds. The molecule has 0 aliphatic rings. The van der Waals surface area contributed by atoms with Crippen LogP contribution in [0.2, 0.25) is 10.0 Å². The molecule has 1 unspecified atom stereocenters. The Bertz CT molecular complexity index is 721. The summed E-state index contributed by atoms with van der Waals surface area (Å²) in [5.41, 5.74) is 2.23. The zero-order valence-electron chi connectivity index (χ0n) is 10.5. The van der Waals surface area contributed by atoms with Crippen LogP contribution in [-0.4, -0.2) is 14.5 Å². The third-order valence-corrected chi connectivity index (χ3v) is 4.03. The molecule has 2 heterocycles. The molecule has 3 aromatic rings. The number of aliphatic hydroxyl groups excluding tert-OH is 1. The Kier molecular flexibility index (Phi) is 3.66. The molecule has 20 heavy (non-hydrogen) atoms. The van der Waals surface area contributed by atoms with E-state index in [4.69, 9.17) is 23.2 Å². The van der Waals surface area contributed by atoms with Crippen LogP contribution in [0.3, 0.4) is 0 Å². The molecule has 0 bridgehead atoms. The lowest BCUT2D eigenvalue weighted by Gasteiger charge is -2.10. The van der Waals surface area contributed by atoms with E-state index in [1.807, 2.05) is 47.1 Å². The number of hydrogen-bond donors (Lipinski definition) is 1. The number of benzene rings is 1. The standard InChI is InChI=1S/C15H12Cl2N2O/c16-11-5-3-4-10(15(11)17)8-13(20)12-9-19-7-2-1-6-14(19)18-12/h1-7,9,13,20H,8H2. The molecule has 102 valence electrons. The molecule has 0 aliphatic heterocycles. The molecule has 0 radical (unpaired) electrons. The number of aliphatic hydroxyl groups is 1. The normalized spacial score (nSPS) is 12.8.